The number of nitrogens with one attached hydrogen (secondary N) is 1. The zero-order valence-electron chi connectivity index (χ0n) is 10.2. The summed E-state index contributed by atoms with van der Waals surface area (Å²) in [7, 11) is 0. The Morgan fingerprint density at radius 2 is 2.00 bits per heavy atom. The minimum absolute atomic E-state index is 0.0851. The van der Waals surface area contributed by atoms with Gasteiger partial charge in [0.25, 0.3) is 0 Å². The first-order valence-corrected chi connectivity index (χ1v) is 5.97. The fourth-order valence-corrected chi connectivity index (χ4v) is 2.29. The lowest BCUT2D eigenvalue weighted by Crippen LogP contribution is -2.43. The maximum atomic E-state index is 11.6. The Morgan fingerprint density at radius 1 is 1.47 bits per heavy atom. The lowest BCUT2D eigenvalue weighted by atomic mass is 9.98. The lowest BCUT2D eigenvalue weighted by Gasteiger charge is -2.23. The summed E-state index contributed by atoms with van der Waals surface area (Å²) in [4.78, 5) is 11.6. The molecule has 0 bridgehead atoms. The van der Waals surface area contributed by atoms with Gasteiger partial charge in [0.2, 0.25) is 5.91 Å². The molecule has 3 heteroatoms. The molecule has 0 radical (unpaired) electrons. The predicted octanol–water partition coefficient (Wildman–Crippen LogP) is 1.81. The highest BCUT2D eigenvalue weighted by molar-refractivity contribution is 5.77. The van der Waals surface area contributed by atoms with Gasteiger partial charge in [-0.05, 0) is 39.5 Å². The number of carbonyl (C=O) groups is 1. The quantitative estimate of drug-likeness (QED) is 0.746. The molecule has 0 unspecified atom stereocenters. The minimum Gasteiger partial charge on any atom is -0.353 e. The third kappa shape index (κ3) is 4.65. The number of hydrogen-bond acceptors (Lipinski definition) is 2. The fourth-order valence-electron chi connectivity index (χ4n) is 2.29. The molecule has 1 aliphatic carbocycles. The molecule has 15 heavy (non-hydrogen) atoms. The van der Waals surface area contributed by atoms with E-state index < -0.39 is 5.54 Å². The third-order valence-corrected chi connectivity index (χ3v) is 3.11. The fraction of sp³-hybridized carbons (Fsp3) is 0.917. The highest BCUT2D eigenvalue weighted by Crippen LogP contribution is 2.27. The molecule has 0 saturated heterocycles. The van der Waals surface area contributed by atoms with Gasteiger partial charge in [0.05, 0.1) is 0 Å². The highest BCUT2D eigenvalue weighted by atomic mass is 16.1. The van der Waals surface area contributed by atoms with E-state index in [1.54, 1.807) is 0 Å². The number of rotatable bonds is 4. The van der Waals surface area contributed by atoms with Crippen molar-refractivity contribution in [3.63, 3.8) is 0 Å². The summed E-state index contributed by atoms with van der Waals surface area (Å²) in [6.45, 7) is 5.87. The van der Waals surface area contributed by atoms with Crippen molar-refractivity contribution in [1.82, 2.24) is 5.32 Å². The first-order valence-electron chi connectivity index (χ1n) is 5.97. The molecule has 1 rings (SSSR count). The van der Waals surface area contributed by atoms with Crippen molar-refractivity contribution in [3.8, 4) is 0 Å². The Labute approximate surface area is 92.8 Å². The molecule has 1 saturated carbocycles. The Bertz CT molecular complexity index is 214. The molecule has 0 aromatic carbocycles. The van der Waals surface area contributed by atoms with Crippen molar-refractivity contribution in [2.24, 2.45) is 11.7 Å². The van der Waals surface area contributed by atoms with Gasteiger partial charge < -0.3 is 11.1 Å². The van der Waals surface area contributed by atoms with Gasteiger partial charge in [-0.3, -0.25) is 4.79 Å². The SMILES string of the molecule is C[C@@H](NC(=O)CC(C)(C)N)C1CCCC1. The average Bonchev–Trinajstić information content (AvgIpc) is 2.50. The van der Waals surface area contributed by atoms with E-state index >= 15 is 0 Å². The number of amides is 1. The van der Waals surface area contributed by atoms with Crippen LogP contribution in [0, 0.1) is 5.92 Å². The van der Waals surface area contributed by atoms with Crippen LogP contribution in [0.15, 0.2) is 0 Å². The van der Waals surface area contributed by atoms with Gasteiger partial charge >= 0.3 is 0 Å². The van der Waals surface area contributed by atoms with Gasteiger partial charge in [0.15, 0.2) is 0 Å². The molecule has 0 aliphatic heterocycles. The van der Waals surface area contributed by atoms with Crippen molar-refractivity contribution < 1.29 is 4.79 Å². The summed E-state index contributed by atoms with van der Waals surface area (Å²) in [5.41, 5.74) is 5.40. The van der Waals surface area contributed by atoms with Gasteiger partial charge in [-0.2, -0.15) is 0 Å². The predicted molar refractivity (Wildman–Crippen MR) is 62.4 cm³/mol. The first kappa shape index (κ1) is 12.5. The second-order valence-corrected chi connectivity index (χ2v) is 5.57. The van der Waals surface area contributed by atoms with Crippen LogP contribution in [-0.4, -0.2) is 17.5 Å². The second-order valence-electron chi connectivity index (χ2n) is 5.57. The van der Waals surface area contributed by atoms with Gasteiger partial charge in [-0.15, -0.1) is 0 Å². The van der Waals surface area contributed by atoms with Crippen LogP contribution in [0.1, 0.15) is 52.9 Å². The molecule has 1 fully saturated rings. The van der Waals surface area contributed by atoms with Crippen LogP contribution < -0.4 is 11.1 Å². The van der Waals surface area contributed by atoms with E-state index in [-0.39, 0.29) is 5.91 Å². The normalized spacial score (nSPS) is 20.3. The van der Waals surface area contributed by atoms with Crippen LogP contribution in [0.3, 0.4) is 0 Å². The molecule has 1 aliphatic rings. The standard InChI is InChI=1S/C12H24N2O/c1-9(10-6-4-5-7-10)14-11(15)8-12(2,3)13/h9-10H,4-8,13H2,1-3H3,(H,14,15)/t9-/m1/s1. The second kappa shape index (κ2) is 4.97. The van der Waals surface area contributed by atoms with E-state index in [1.807, 2.05) is 13.8 Å². The molecule has 0 aromatic rings. The van der Waals surface area contributed by atoms with Crippen LogP contribution in [-0.2, 0) is 4.79 Å². The Balaban J connectivity index is 2.30. The van der Waals surface area contributed by atoms with Crippen molar-refractivity contribution in [2.45, 2.75) is 64.5 Å². The molecule has 0 heterocycles. The van der Waals surface area contributed by atoms with Crippen LogP contribution in [0.2, 0.25) is 0 Å². The van der Waals surface area contributed by atoms with Gasteiger partial charge in [-0.1, -0.05) is 12.8 Å². The number of nitrogens with two attached hydrogens (primary N) is 1. The maximum Gasteiger partial charge on any atom is 0.222 e. The summed E-state index contributed by atoms with van der Waals surface area (Å²) in [6, 6.07) is 0.308. The minimum atomic E-state index is -0.403. The third-order valence-electron chi connectivity index (χ3n) is 3.11. The maximum absolute atomic E-state index is 11.6. The summed E-state index contributed by atoms with van der Waals surface area (Å²) >= 11 is 0. The number of hydrogen-bond donors (Lipinski definition) is 2. The van der Waals surface area contributed by atoms with Gasteiger partial charge in [0, 0.05) is 18.0 Å². The molecule has 3 nitrogen and oxygen atoms in total. The van der Waals surface area contributed by atoms with Crippen molar-refractivity contribution in [2.75, 3.05) is 0 Å². The summed E-state index contributed by atoms with van der Waals surface area (Å²) in [5, 5.41) is 3.06. The topological polar surface area (TPSA) is 55.1 Å². The van der Waals surface area contributed by atoms with Gasteiger partial charge in [-0.25, -0.2) is 0 Å². The molecule has 3 N–H and O–H groups in total. The summed E-state index contributed by atoms with van der Waals surface area (Å²) in [5.74, 6) is 0.761. The average molecular weight is 212 g/mol. The highest BCUT2D eigenvalue weighted by Gasteiger charge is 2.24. The molecular formula is C12H24N2O. The Kier molecular flexibility index (Phi) is 4.14. The van der Waals surface area contributed by atoms with E-state index in [9.17, 15) is 4.79 Å². The molecular weight excluding hydrogens is 188 g/mol. The van der Waals surface area contributed by atoms with E-state index in [2.05, 4.69) is 12.2 Å². The van der Waals surface area contributed by atoms with Crippen molar-refractivity contribution in [3.05, 3.63) is 0 Å². The van der Waals surface area contributed by atoms with E-state index in [0.717, 1.165) is 0 Å². The largest absolute Gasteiger partial charge is 0.353 e. The van der Waals surface area contributed by atoms with Crippen LogP contribution >= 0.6 is 0 Å². The van der Waals surface area contributed by atoms with Crippen LogP contribution in [0.25, 0.3) is 0 Å². The first-order chi connectivity index (χ1) is 6.88. The Hall–Kier alpha value is -0.570. The monoisotopic (exact) mass is 212 g/mol. The van der Waals surface area contributed by atoms with E-state index in [1.165, 1.54) is 25.7 Å². The molecule has 88 valence electrons. The molecule has 0 aromatic heterocycles. The summed E-state index contributed by atoms with van der Waals surface area (Å²) in [6.07, 6.45) is 5.55. The molecule has 1 atom stereocenters. The molecule has 1 amide bonds. The summed E-state index contributed by atoms with van der Waals surface area (Å²) < 4.78 is 0. The Morgan fingerprint density at radius 3 is 2.47 bits per heavy atom. The van der Waals surface area contributed by atoms with Crippen molar-refractivity contribution in [1.29, 1.82) is 0 Å². The van der Waals surface area contributed by atoms with Gasteiger partial charge in [0.1, 0.15) is 0 Å². The molecule has 0 spiro atoms. The lowest BCUT2D eigenvalue weighted by molar-refractivity contribution is -0.122. The van der Waals surface area contributed by atoms with E-state index in [0.29, 0.717) is 18.4 Å². The number of carbonyl (C=O) groups excluding carboxylic acids is 1. The smallest absolute Gasteiger partial charge is 0.222 e. The zero-order valence-corrected chi connectivity index (χ0v) is 10.2. The van der Waals surface area contributed by atoms with E-state index in [4.69, 9.17) is 5.73 Å². The zero-order chi connectivity index (χ0) is 11.5. The van der Waals surface area contributed by atoms with Crippen LogP contribution in [0.5, 0.6) is 0 Å². The van der Waals surface area contributed by atoms with Crippen molar-refractivity contribution >= 4 is 5.91 Å². The van der Waals surface area contributed by atoms with Crippen LogP contribution in [0.4, 0.5) is 0 Å².